The Morgan fingerprint density at radius 2 is 1.57 bits per heavy atom. The fourth-order valence-electron chi connectivity index (χ4n) is 1.44. The monoisotopic (exact) mass is 315 g/mol. The molecule has 0 atom stereocenters. The number of carbonyl (C=O) groups is 2. The number of halogens is 6. The number of rotatable bonds is 4. The molecule has 21 heavy (non-hydrogen) atoms. The van der Waals surface area contributed by atoms with E-state index in [2.05, 4.69) is 0 Å². The van der Waals surface area contributed by atoms with Crippen molar-refractivity contribution >= 4 is 11.9 Å². The molecule has 0 aliphatic carbocycles. The third-order valence-electron chi connectivity index (χ3n) is 2.21. The van der Waals surface area contributed by atoms with Gasteiger partial charge in [-0.1, -0.05) is 0 Å². The third-order valence-corrected chi connectivity index (χ3v) is 2.21. The zero-order chi connectivity index (χ0) is 16.4. The van der Waals surface area contributed by atoms with Crippen molar-refractivity contribution in [3.05, 3.63) is 35.1 Å². The molecule has 0 unspecified atom stereocenters. The number of hydrogen-bond donors (Lipinski definition) is 1. The van der Waals surface area contributed by atoms with Crippen molar-refractivity contribution in [2.45, 2.75) is 6.18 Å². The molecule has 4 nitrogen and oxygen atoms in total. The number of benzene rings is 1. The smallest absolute Gasteiger partial charge is 0.406 e. The van der Waals surface area contributed by atoms with Gasteiger partial charge < -0.3 is 10.0 Å². The summed E-state index contributed by atoms with van der Waals surface area (Å²) in [5.41, 5.74) is -0.933. The first kappa shape index (κ1) is 16.8. The van der Waals surface area contributed by atoms with Gasteiger partial charge >= 0.3 is 12.1 Å². The van der Waals surface area contributed by atoms with Gasteiger partial charge in [0.1, 0.15) is 13.1 Å². The van der Waals surface area contributed by atoms with Gasteiger partial charge in [0.15, 0.2) is 17.5 Å². The third kappa shape index (κ3) is 4.65. The molecular weight excluding hydrogens is 308 g/mol. The Balaban J connectivity index is 3.13. The van der Waals surface area contributed by atoms with E-state index in [0.717, 1.165) is 0 Å². The molecule has 0 bridgehead atoms. The largest absolute Gasteiger partial charge is 0.480 e. The molecule has 10 heteroatoms. The topological polar surface area (TPSA) is 57.6 Å². The Bertz CT molecular complexity index is 549. The van der Waals surface area contributed by atoms with Crippen LogP contribution in [-0.2, 0) is 4.79 Å². The van der Waals surface area contributed by atoms with Crippen LogP contribution >= 0.6 is 0 Å². The Morgan fingerprint density at radius 1 is 1.10 bits per heavy atom. The lowest BCUT2D eigenvalue weighted by Crippen LogP contribution is -2.42. The summed E-state index contributed by atoms with van der Waals surface area (Å²) in [5, 5.41) is 8.46. The van der Waals surface area contributed by atoms with Crippen LogP contribution in [0.5, 0.6) is 0 Å². The molecule has 1 aromatic carbocycles. The average Bonchev–Trinajstić information content (AvgIpc) is 2.31. The summed E-state index contributed by atoms with van der Waals surface area (Å²) in [7, 11) is 0. The van der Waals surface area contributed by atoms with Gasteiger partial charge in [0, 0.05) is 5.56 Å². The van der Waals surface area contributed by atoms with E-state index in [-0.39, 0.29) is 17.0 Å². The summed E-state index contributed by atoms with van der Waals surface area (Å²) in [5.74, 6) is -8.79. The zero-order valence-electron chi connectivity index (χ0n) is 10.0. The quantitative estimate of drug-likeness (QED) is 0.684. The first-order chi connectivity index (χ1) is 9.51. The van der Waals surface area contributed by atoms with Crippen molar-refractivity contribution in [3.8, 4) is 0 Å². The van der Waals surface area contributed by atoms with Gasteiger partial charge in [0.25, 0.3) is 5.91 Å². The lowest BCUT2D eigenvalue weighted by molar-refractivity contribution is -0.149. The second kappa shape index (κ2) is 6.02. The van der Waals surface area contributed by atoms with Gasteiger partial charge in [-0.05, 0) is 12.1 Å². The Kier molecular flexibility index (Phi) is 4.81. The van der Waals surface area contributed by atoms with Crippen LogP contribution in [0.2, 0.25) is 0 Å². The van der Waals surface area contributed by atoms with Gasteiger partial charge in [-0.15, -0.1) is 0 Å². The molecule has 0 saturated heterocycles. The molecule has 116 valence electrons. The summed E-state index contributed by atoms with van der Waals surface area (Å²) in [6.45, 7) is -3.27. The van der Waals surface area contributed by atoms with Crippen LogP contribution in [0.4, 0.5) is 26.3 Å². The fraction of sp³-hybridized carbons (Fsp3) is 0.273. The molecule has 0 saturated carbocycles. The van der Waals surface area contributed by atoms with Crippen LogP contribution in [0.1, 0.15) is 10.4 Å². The summed E-state index contributed by atoms with van der Waals surface area (Å²) in [6, 6.07) is 0.373. The van der Waals surface area contributed by atoms with Crippen LogP contribution in [0, 0.1) is 17.5 Å². The Labute approximate surface area is 113 Å². The van der Waals surface area contributed by atoms with Crippen molar-refractivity contribution in [3.63, 3.8) is 0 Å². The minimum absolute atomic E-state index is 0.172. The highest BCUT2D eigenvalue weighted by molar-refractivity contribution is 5.95. The highest BCUT2D eigenvalue weighted by Gasteiger charge is 2.34. The van der Waals surface area contributed by atoms with E-state index in [9.17, 15) is 35.9 Å². The molecular formula is C11H7F6NO3. The van der Waals surface area contributed by atoms with Crippen LogP contribution < -0.4 is 0 Å². The van der Waals surface area contributed by atoms with Crippen molar-refractivity contribution in [2.24, 2.45) is 0 Å². The van der Waals surface area contributed by atoms with Gasteiger partial charge in [0.05, 0.1) is 0 Å². The van der Waals surface area contributed by atoms with Crippen LogP contribution in [0.15, 0.2) is 12.1 Å². The molecule has 0 spiro atoms. The lowest BCUT2D eigenvalue weighted by atomic mass is 10.1. The summed E-state index contributed by atoms with van der Waals surface area (Å²) >= 11 is 0. The van der Waals surface area contributed by atoms with Crippen molar-refractivity contribution in [1.82, 2.24) is 4.90 Å². The van der Waals surface area contributed by atoms with E-state index in [1.807, 2.05) is 0 Å². The van der Waals surface area contributed by atoms with Gasteiger partial charge in [0.2, 0.25) is 0 Å². The number of aliphatic carboxylic acids is 1. The highest BCUT2D eigenvalue weighted by atomic mass is 19.4. The number of alkyl halides is 3. The van der Waals surface area contributed by atoms with Crippen molar-refractivity contribution in [1.29, 1.82) is 0 Å². The van der Waals surface area contributed by atoms with Crippen molar-refractivity contribution in [2.75, 3.05) is 13.1 Å². The second-order valence-electron chi connectivity index (χ2n) is 3.92. The van der Waals surface area contributed by atoms with Gasteiger partial charge in [-0.2, -0.15) is 13.2 Å². The standard InChI is InChI=1S/C11H7F6NO3/c12-6-1-5(2-7(13)9(6)14)10(21)18(3-8(19)20)4-11(15,16)17/h1-2H,3-4H2,(H,19,20). The summed E-state index contributed by atoms with van der Waals surface area (Å²) in [6.07, 6.45) is -4.91. The van der Waals surface area contributed by atoms with E-state index in [1.165, 1.54) is 0 Å². The highest BCUT2D eigenvalue weighted by Crippen LogP contribution is 2.20. The van der Waals surface area contributed by atoms with Gasteiger partial charge in [-0.3, -0.25) is 9.59 Å². The predicted molar refractivity (Wildman–Crippen MR) is 55.9 cm³/mol. The van der Waals surface area contributed by atoms with E-state index >= 15 is 0 Å². The number of hydrogen-bond acceptors (Lipinski definition) is 2. The first-order valence-electron chi connectivity index (χ1n) is 5.23. The molecule has 0 heterocycles. The van der Waals surface area contributed by atoms with E-state index in [1.54, 1.807) is 0 Å². The molecule has 0 aromatic heterocycles. The maximum absolute atomic E-state index is 12.9. The molecule has 1 rings (SSSR count). The van der Waals surface area contributed by atoms with Gasteiger partial charge in [-0.25, -0.2) is 13.2 Å². The maximum atomic E-state index is 12.9. The molecule has 0 radical (unpaired) electrons. The molecule has 0 fully saturated rings. The molecule has 1 amide bonds. The molecule has 0 aliphatic heterocycles. The minimum atomic E-state index is -4.91. The van der Waals surface area contributed by atoms with E-state index in [0.29, 0.717) is 0 Å². The Hall–Kier alpha value is -2.26. The second-order valence-corrected chi connectivity index (χ2v) is 3.92. The average molecular weight is 315 g/mol. The Morgan fingerprint density at radius 3 is 1.95 bits per heavy atom. The van der Waals surface area contributed by atoms with E-state index in [4.69, 9.17) is 5.11 Å². The lowest BCUT2D eigenvalue weighted by Gasteiger charge is -2.22. The predicted octanol–water partition coefficient (Wildman–Crippen LogP) is 2.19. The van der Waals surface area contributed by atoms with Crippen LogP contribution in [0.25, 0.3) is 0 Å². The molecule has 1 aromatic rings. The van der Waals surface area contributed by atoms with Crippen LogP contribution in [0.3, 0.4) is 0 Å². The number of carboxylic acids is 1. The van der Waals surface area contributed by atoms with E-state index < -0.39 is 54.2 Å². The maximum Gasteiger partial charge on any atom is 0.406 e. The van der Waals surface area contributed by atoms with Crippen molar-refractivity contribution < 1.29 is 41.0 Å². The molecule has 0 aliphatic rings. The fourth-order valence-corrected chi connectivity index (χ4v) is 1.44. The normalized spacial score (nSPS) is 11.3. The number of amides is 1. The van der Waals surface area contributed by atoms with Crippen LogP contribution in [-0.4, -0.2) is 41.1 Å². The molecule has 1 N–H and O–H groups in total. The number of carbonyl (C=O) groups excluding carboxylic acids is 1. The SMILES string of the molecule is O=C(O)CN(CC(F)(F)F)C(=O)c1cc(F)c(F)c(F)c1. The summed E-state index contributed by atoms with van der Waals surface area (Å²) in [4.78, 5) is 22.0. The number of nitrogens with zero attached hydrogens (tertiary/aromatic N) is 1. The summed E-state index contributed by atoms with van der Waals surface area (Å²) < 4.78 is 75.4. The zero-order valence-corrected chi connectivity index (χ0v) is 10.0. The minimum Gasteiger partial charge on any atom is -0.480 e. The number of carboxylic acid groups (broad SMARTS) is 1. The first-order valence-corrected chi connectivity index (χ1v) is 5.23.